The number of carbonyl (C=O) groups excluding carboxylic acids is 1. The number of aromatic nitrogens is 1. The second-order valence-corrected chi connectivity index (χ2v) is 3.86. The zero-order chi connectivity index (χ0) is 12.1. The summed E-state index contributed by atoms with van der Waals surface area (Å²) in [7, 11) is 0. The highest BCUT2D eigenvalue weighted by atomic mass is 32.1. The number of nitrogen functional groups attached to an aromatic ring is 1. The molecule has 16 heavy (non-hydrogen) atoms. The van der Waals surface area contributed by atoms with Gasteiger partial charge in [0, 0.05) is 18.3 Å². The van der Waals surface area contributed by atoms with Gasteiger partial charge in [0.2, 0.25) is 0 Å². The first kappa shape index (κ1) is 12.4. The Hall–Kier alpha value is -1.67. The Morgan fingerprint density at radius 1 is 1.62 bits per heavy atom. The fourth-order valence-corrected chi connectivity index (χ4v) is 1.47. The molecule has 88 valence electrons. The number of nitrogens with one attached hydrogen (secondary N) is 1. The van der Waals surface area contributed by atoms with Crippen molar-refractivity contribution in [3.63, 3.8) is 0 Å². The van der Waals surface area contributed by atoms with Crippen LogP contribution in [0.4, 0.5) is 5.13 Å². The van der Waals surface area contributed by atoms with Crippen LogP contribution in [-0.2, 0) is 4.79 Å². The second kappa shape index (κ2) is 5.42. The van der Waals surface area contributed by atoms with E-state index in [1.807, 2.05) is 0 Å². The monoisotopic (exact) mass is 245 g/mol. The largest absolute Gasteiger partial charge is 0.479 e. The molecule has 1 amide bonds. The van der Waals surface area contributed by atoms with E-state index in [1.54, 1.807) is 0 Å². The lowest BCUT2D eigenvalue weighted by Crippen LogP contribution is -2.30. The number of hydrogen-bond donors (Lipinski definition) is 4. The van der Waals surface area contributed by atoms with Crippen molar-refractivity contribution < 1.29 is 19.8 Å². The lowest BCUT2D eigenvalue weighted by atomic mass is 10.2. The number of carboxylic acid groups (broad SMARTS) is 1. The highest BCUT2D eigenvalue weighted by Crippen LogP contribution is 2.10. The van der Waals surface area contributed by atoms with Crippen LogP contribution in [0.15, 0.2) is 5.38 Å². The van der Waals surface area contributed by atoms with E-state index in [4.69, 9.17) is 15.9 Å². The normalized spacial score (nSPS) is 12.1. The zero-order valence-corrected chi connectivity index (χ0v) is 9.03. The number of carbonyl (C=O) groups is 2. The van der Waals surface area contributed by atoms with Crippen molar-refractivity contribution in [2.24, 2.45) is 0 Å². The Labute approximate surface area is 94.9 Å². The number of aliphatic carboxylic acids is 1. The van der Waals surface area contributed by atoms with Crippen molar-refractivity contribution in [3.8, 4) is 0 Å². The maximum absolute atomic E-state index is 11.4. The molecule has 0 fully saturated rings. The number of nitrogens with two attached hydrogens (primary N) is 1. The second-order valence-electron chi connectivity index (χ2n) is 2.97. The highest BCUT2D eigenvalue weighted by Gasteiger charge is 2.14. The van der Waals surface area contributed by atoms with Crippen LogP contribution in [0.1, 0.15) is 16.9 Å². The number of hydrogen-bond acceptors (Lipinski definition) is 6. The van der Waals surface area contributed by atoms with Gasteiger partial charge in [-0.25, -0.2) is 9.78 Å². The SMILES string of the molecule is Nc1nc(C(=O)NCC[C@H](O)C(=O)O)cs1. The predicted molar refractivity (Wildman–Crippen MR) is 57.1 cm³/mol. The summed E-state index contributed by atoms with van der Waals surface area (Å²) in [6.07, 6.45) is -1.53. The predicted octanol–water partition coefficient (Wildman–Crippen LogP) is -0.709. The van der Waals surface area contributed by atoms with E-state index in [0.717, 1.165) is 11.3 Å². The topological polar surface area (TPSA) is 126 Å². The molecule has 0 saturated carbocycles. The molecule has 1 rings (SSSR count). The minimum absolute atomic E-state index is 0.0549. The first-order valence-corrected chi connectivity index (χ1v) is 5.28. The number of aliphatic hydroxyl groups excluding tert-OH is 1. The van der Waals surface area contributed by atoms with E-state index in [2.05, 4.69) is 10.3 Å². The number of thiazole rings is 1. The summed E-state index contributed by atoms with van der Waals surface area (Å²) in [5.74, 6) is -1.75. The van der Waals surface area contributed by atoms with E-state index in [0.29, 0.717) is 0 Å². The number of rotatable bonds is 5. The van der Waals surface area contributed by atoms with Gasteiger partial charge < -0.3 is 21.3 Å². The maximum atomic E-state index is 11.4. The van der Waals surface area contributed by atoms with E-state index in [9.17, 15) is 9.59 Å². The average molecular weight is 245 g/mol. The van der Waals surface area contributed by atoms with E-state index in [-0.39, 0.29) is 23.8 Å². The fourth-order valence-electron chi connectivity index (χ4n) is 0.928. The smallest absolute Gasteiger partial charge is 0.332 e. The van der Waals surface area contributed by atoms with Gasteiger partial charge in [-0.1, -0.05) is 0 Å². The van der Waals surface area contributed by atoms with Gasteiger partial charge in [0.05, 0.1) is 0 Å². The third-order valence-corrected chi connectivity index (χ3v) is 2.42. The van der Waals surface area contributed by atoms with E-state index < -0.39 is 18.0 Å². The van der Waals surface area contributed by atoms with Gasteiger partial charge in [0.15, 0.2) is 11.2 Å². The van der Waals surface area contributed by atoms with Gasteiger partial charge in [0.1, 0.15) is 5.69 Å². The molecule has 0 saturated heterocycles. The van der Waals surface area contributed by atoms with Crippen LogP contribution in [-0.4, -0.2) is 39.7 Å². The van der Waals surface area contributed by atoms with Gasteiger partial charge in [-0.3, -0.25) is 4.79 Å². The molecular formula is C8H11N3O4S. The number of nitrogens with zero attached hydrogens (tertiary/aromatic N) is 1. The molecule has 0 radical (unpaired) electrons. The molecule has 0 aromatic carbocycles. The Bertz CT molecular complexity index is 392. The summed E-state index contributed by atoms with van der Waals surface area (Å²) < 4.78 is 0. The molecule has 1 aromatic heterocycles. The van der Waals surface area contributed by atoms with Crippen LogP contribution < -0.4 is 11.1 Å². The molecule has 0 aliphatic heterocycles. The van der Waals surface area contributed by atoms with Gasteiger partial charge in [-0.05, 0) is 0 Å². The Kier molecular flexibility index (Phi) is 4.20. The molecule has 1 atom stereocenters. The molecule has 0 bridgehead atoms. The summed E-state index contributed by atoms with van der Waals surface area (Å²) in [5.41, 5.74) is 5.53. The van der Waals surface area contributed by atoms with Crippen molar-refractivity contribution in [2.75, 3.05) is 12.3 Å². The Balaban J connectivity index is 2.34. The van der Waals surface area contributed by atoms with Crippen LogP contribution in [0.3, 0.4) is 0 Å². The Morgan fingerprint density at radius 2 is 2.31 bits per heavy atom. The number of amides is 1. The zero-order valence-electron chi connectivity index (χ0n) is 8.21. The molecule has 8 heteroatoms. The van der Waals surface area contributed by atoms with Crippen molar-refractivity contribution >= 4 is 28.3 Å². The van der Waals surface area contributed by atoms with Gasteiger partial charge >= 0.3 is 5.97 Å². The van der Waals surface area contributed by atoms with Crippen LogP contribution in [0.25, 0.3) is 0 Å². The number of anilines is 1. The average Bonchev–Trinajstić information content (AvgIpc) is 2.64. The molecule has 7 nitrogen and oxygen atoms in total. The van der Waals surface area contributed by atoms with E-state index >= 15 is 0 Å². The summed E-state index contributed by atoms with van der Waals surface area (Å²) in [4.78, 5) is 25.4. The molecule has 0 unspecified atom stereocenters. The van der Waals surface area contributed by atoms with E-state index in [1.165, 1.54) is 5.38 Å². The van der Waals surface area contributed by atoms with Crippen LogP contribution >= 0.6 is 11.3 Å². The highest BCUT2D eigenvalue weighted by molar-refractivity contribution is 7.13. The Morgan fingerprint density at radius 3 is 2.81 bits per heavy atom. The lowest BCUT2D eigenvalue weighted by Gasteiger charge is -2.05. The summed E-state index contributed by atoms with van der Waals surface area (Å²) in [6, 6.07) is 0. The molecular weight excluding hydrogens is 234 g/mol. The van der Waals surface area contributed by atoms with Crippen molar-refractivity contribution in [2.45, 2.75) is 12.5 Å². The third kappa shape index (κ3) is 3.48. The van der Waals surface area contributed by atoms with Gasteiger partial charge in [-0.15, -0.1) is 11.3 Å². The minimum atomic E-state index is -1.47. The number of carboxylic acids is 1. The summed E-state index contributed by atoms with van der Waals surface area (Å²) in [6.45, 7) is 0.0593. The fraction of sp³-hybridized carbons (Fsp3) is 0.375. The van der Waals surface area contributed by atoms with Gasteiger partial charge in [0.25, 0.3) is 5.91 Å². The third-order valence-electron chi connectivity index (χ3n) is 1.74. The van der Waals surface area contributed by atoms with Crippen molar-refractivity contribution in [1.82, 2.24) is 10.3 Å². The first-order valence-electron chi connectivity index (χ1n) is 4.40. The quantitative estimate of drug-likeness (QED) is 0.543. The summed E-state index contributed by atoms with van der Waals surface area (Å²) >= 11 is 1.14. The summed E-state index contributed by atoms with van der Waals surface area (Å²) in [5, 5.41) is 21.5. The van der Waals surface area contributed by atoms with Crippen LogP contribution in [0.2, 0.25) is 0 Å². The molecule has 5 N–H and O–H groups in total. The molecule has 0 aliphatic rings. The molecule has 0 spiro atoms. The lowest BCUT2D eigenvalue weighted by molar-refractivity contribution is -0.146. The minimum Gasteiger partial charge on any atom is -0.479 e. The standard InChI is InChI=1S/C8H11N3O4S/c9-8-11-4(3-16-8)6(13)10-2-1-5(12)7(14)15/h3,5,12H,1-2H2,(H2,9,11)(H,10,13)(H,14,15)/t5-/m0/s1. The number of aliphatic hydroxyl groups is 1. The molecule has 1 aromatic rings. The maximum Gasteiger partial charge on any atom is 0.332 e. The molecule has 0 aliphatic carbocycles. The molecule has 1 heterocycles. The first-order chi connectivity index (χ1) is 7.50. The van der Waals surface area contributed by atoms with Gasteiger partial charge in [-0.2, -0.15) is 0 Å². The van der Waals surface area contributed by atoms with Crippen molar-refractivity contribution in [1.29, 1.82) is 0 Å². The van der Waals surface area contributed by atoms with Crippen molar-refractivity contribution in [3.05, 3.63) is 11.1 Å². The van der Waals surface area contributed by atoms with Crippen LogP contribution in [0.5, 0.6) is 0 Å². The van der Waals surface area contributed by atoms with Crippen LogP contribution in [0, 0.1) is 0 Å².